The molecule has 1 N–H and O–H groups in total. The molecule has 0 atom stereocenters. The number of rotatable bonds is 5. The minimum absolute atomic E-state index is 0.0577. The first-order chi connectivity index (χ1) is 8.33. The van der Waals surface area contributed by atoms with Crippen molar-refractivity contribution < 1.29 is 9.50 Å². The van der Waals surface area contributed by atoms with Gasteiger partial charge in [-0.2, -0.15) is 0 Å². The Morgan fingerprint density at radius 3 is 2.50 bits per heavy atom. The van der Waals surface area contributed by atoms with Gasteiger partial charge >= 0.3 is 0 Å². The lowest BCUT2D eigenvalue weighted by Gasteiger charge is -2.29. The summed E-state index contributed by atoms with van der Waals surface area (Å²) in [6.07, 6.45) is 0. The first kappa shape index (κ1) is 15.4. The van der Waals surface area contributed by atoms with Crippen molar-refractivity contribution in [3.63, 3.8) is 0 Å². The van der Waals surface area contributed by atoms with Crippen molar-refractivity contribution >= 4 is 11.6 Å². The van der Waals surface area contributed by atoms with Crippen LogP contribution >= 0.6 is 11.6 Å². The van der Waals surface area contributed by atoms with Gasteiger partial charge in [-0.1, -0.05) is 38.4 Å². The van der Waals surface area contributed by atoms with Crippen molar-refractivity contribution in [3.05, 3.63) is 34.6 Å². The second-order valence-electron chi connectivity index (χ2n) is 5.70. The van der Waals surface area contributed by atoms with Gasteiger partial charge in [0.15, 0.2) is 0 Å². The van der Waals surface area contributed by atoms with Crippen LogP contribution in [0.5, 0.6) is 0 Å². The summed E-state index contributed by atoms with van der Waals surface area (Å²) in [5, 5.41) is 9.52. The fraction of sp³-hybridized carbons (Fsp3) is 0.571. The van der Waals surface area contributed by atoms with Gasteiger partial charge in [0.25, 0.3) is 0 Å². The lowest BCUT2D eigenvalue weighted by Crippen LogP contribution is -2.34. The van der Waals surface area contributed by atoms with Crippen molar-refractivity contribution in [1.82, 2.24) is 4.90 Å². The van der Waals surface area contributed by atoms with Crippen molar-refractivity contribution in [2.45, 2.75) is 27.3 Å². The zero-order valence-corrected chi connectivity index (χ0v) is 12.0. The van der Waals surface area contributed by atoms with Gasteiger partial charge in [0, 0.05) is 30.2 Å². The Morgan fingerprint density at radius 2 is 2.00 bits per heavy atom. The highest BCUT2D eigenvalue weighted by Crippen LogP contribution is 2.23. The normalized spacial score (nSPS) is 12.2. The molecular formula is C14H21ClFNO. The van der Waals surface area contributed by atoms with E-state index in [2.05, 4.69) is 20.8 Å². The van der Waals surface area contributed by atoms with Gasteiger partial charge in [-0.3, -0.25) is 4.90 Å². The van der Waals surface area contributed by atoms with Crippen molar-refractivity contribution in [2.75, 3.05) is 19.7 Å². The van der Waals surface area contributed by atoms with Crippen LogP contribution in [0.1, 0.15) is 26.3 Å². The SMILES string of the molecule is CC(C)(C)CN(CCO)Cc1c(F)cccc1Cl. The number of hydrogen-bond acceptors (Lipinski definition) is 2. The maximum Gasteiger partial charge on any atom is 0.129 e. The molecule has 1 aromatic carbocycles. The second kappa shape index (κ2) is 6.50. The topological polar surface area (TPSA) is 23.5 Å². The van der Waals surface area contributed by atoms with E-state index in [4.69, 9.17) is 16.7 Å². The Hall–Kier alpha value is -0.640. The number of halogens is 2. The molecule has 0 heterocycles. The largest absolute Gasteiger partial charge is 0.395 e. The minimum atomic E-state index is -0.292. The summed E-state index contributed by atoms with van der Waals surface area (Å²) in [6, 6.07) is 4.70. The zero-order valence-electron chi connectivity index (χ0n) is 11.2. The third-order valence-electron chi connectivity index (χ3n) is 2.56. The number of nitrogens with zero attached hydrogens (tertiary/aromatic N) is 1. The average Bonchev–Trinajstić information content (AvgIpc) is 2.21. The highest BCUT2D eigenvalue weighted by atomic mass is 35.5. The van der Waals surface area contributed by atoms with E-state index in [-0.39, 0.29) is 17.8 Å². The van der Waals surface area contributed by atoms with E-state index < -0.39 is 0 Å². The number of hydrogen-bond donors (Lipinski definition) is 1. The molecule has 2 nitrogen and oxygen atoms in total. The standard InChI is InChI=1S/C14H21ClFNO/c1-14(2,3)10-17(7-8-18)9-11-12(15)5-4-6-13(11)16/h4-6,18H,7-10H2,1-3H3. The van der Waals surface area contributed by atoms with E-state index in [9.17, 15) is 4.39 Å². The molecule has 0 radical (unpaired) electrons. The predicted octanol–water partition coefficient (Wildman–Crippen LogP) is 3.32. The van der Waals surface area contributed by atoms with Gasteiger partial charge in [0.1, 0.15) is 5.82 Å². The Labute approximate surface area is 113 Å². The third-order valence-corrected chi connectivity index (χ3v) is 2.91. The van der Waals surface area contributed by atoms with Crippen LogP contribution in [0.15, 0.2) is 18.2 Å². The molecule has 0 bridgehead atoms. The van der Waals surface area contributed by atoms with Crippen LogP contribution in [-0.2, 0) is 6.54 Å². The summed E-state index contributed by atoms with van der Waals surface area (Å²) in [5.41, 5.74) is 0.587. The van der Waals surface area contributed by atoms with Crippen molar-refractivity contribution in [1.29, 1.82) is 0 Å². The molecule has 0 saturated heterocycles. The molecule has 0 amide bonds. The quantitative estimate of drug-likeness (QED) is 0.890. The molecule has 1 rings (SSSR count). The zero-order chi connectivity index (χ0) is 13.8. The molecule has 0 aliphatic heterocycles. The Morgan fingerprint density at radius 1 is 1.33 bits per heavy atom. The summed E-state index contributed by atoms with van der Waals surface area (Å²) in [6.45, 7) is 8.10. The fourth-order valence-electron chi connectivity index (χ4n) is 1.93. The summed E-state index contributed by atoms with van der Waals surface area (Å²) in [7, 11) is 0. The third kappa shape index (κ3) is 4.92. The predicted molar refractivity (Wildman–Crippen MR) is 73.2 cm³/mol. The summed E-state index contributed by atoms with van der Waals surface area (Å²) < 4.78 is 13.7. The first-order valence-corrected chi connectivity index (χ1v) is 6.47. The van der Waals surface area contributed by atoms with Crippen LogP contribution in [0.4, 0.5) is 4.39 Å². The molecular weight excluding hydrogens is 253 g/mol. The second-order valence-corrected chi connectivity index (χ2v) is 6.10. The fourth-order valence-corrected chi connectivity index (χ4v) is 2.16. The van der Waals surface area contributed by atoms with Crippen LogP contribution < -0.4 is 0 Å². The van der Waals surface area contributed by atoms with Crippen LogP contribution in [0.25, 0.3) is 0 Å². The maximum absolute atomic E-state index is 13.7. The molecule has 0 unspecified atom stereocenters. The van der Waals surface area contributed by atoms with E-state index in [1.54, 1.807) is 12.1 Å². The van der Waals surface area contributed by atoms with Gasteiger partial charge in [0.2, 0.25) is 0 Å². The molecule has 0 aromatic heterocycles. The summed E-state index contributed by atoms with van der Waals surface area (Å²) in [4.78, 5) is 2.02. The molecule has 102 valence electrons. The van der Waals surface area contributed by atoms with Gasteiger partial charge < -0.3 is 5.11 Å². The smallest absolute Gasteiger partial charge is 0.129 e. The van der Waals surface area contributed by atoms with Crippen LogP contribution in [0.3, 0.4) is 0 Å². The van der Waals surface area contributed by atoms with Crippen LogP contribution in [0, 0.1) is 11.2 Å². The van der Waals surface area contributed by atoms with Crippen LogP contribution in [-0.4, -0.2) is 29.7 Å². The molecule has 18 heavy (non-hydrogen) atoms. The summed E-state index contributed by atoms with van der Waals surface area (Å²) >= 11 is 6.02. The maximum atomic E-state index is 13.7. The number of benzene rings is 1. The highest BCUT2D eigenvalue weighted by molar-refractivity contribution is 6.31. The molecule has 0 fully saturated rings. The number of aliphatic hydroxyl groups excluding tert-OH is 1. The highest BCUT2D eigenvalue weighted by Gasteiger charge is 2.18. The lowest BCUT2D eigenvalue weighted by atomic mass is 9.96. The van der Waals surface area contributed by atoms with Gasteiger partial charge in [0.05, 0.1) is 6.61 Å². The molecule has 1 aromatic rings. The summed E-state index contributed by atoms with van der Waals surface area (Å²) in [5.74, 6) is -0.292. The van der Waals surface area contributed by atoms with E-state index in [1.165, 1.54) is 6.07 Å². The van der Waals surface area contributed by atoms with Crippen molar-refractivity contribution in [2.24, 2.45) is 5.41 Å². The Kier molecular flexibility index (Phi) is 5.57. The molecule has 4 heteroatoms. The van der Waals surface area contributed by atoms with E-state index in [1.807, 2.05) is 4.90 Å². The van der Waals surface area contributed by atoms with Crippen molar-refractivity contribution in [3.8, 4) is 0 Å². The monoisotopic (exact) mass is 273 g/mol. The average molecular weight is 274 g/mol. The lowest BCUT2D eigenvalue weighted by molar-refractivity contribution is 0.145. The van der Waals surface area contributed by atoms with Gasteiger partial charge in [-0.05, 0) is 17.5 Å². The Bertz CT molecular complexity index is 370. The molecule has 0 aliphatic carbocycles. The molecule has 0 aliphatic rings. The number of aliphatic hydroxyl groups is 1. The van der Waals surface area contributed by atoms with E-state index in [0.29, 0.717) is 23.7 Å². The van der Waals surface area contributed by atoms with Crippen LogP contribution in [0.2, 0.25) is 5.02 Å². The van der Waals surface area contributed by atoms with E-state index >= 15 is 0 Å². The minimum Gasteiger partial charge on any atom is -0.395 e. The van der Waals surface area contributed by atoms with Gasteiger partial charge in [-0.25, -0.2) is 4.39 Å². The van der Waals surface area contributed by atoms with E-state index in [0.717, 1.165) is 6.54 Å². The first-order valence-electron chi connectivity index (χ1n) is 6.09. The Balaban J connectivity index is 2.83. The molecule has 0 saturated carbocycles. The molecule has 0 spiro atoms. The van der Waals surface area contributed by atoms with Gasteiger partial charge in [-0.15, -0.1) is 0 Å².